The minimum Gasteiger partial charge on any atom is -0.389 e. The molecule has 7 nitrogen and oxygen atoms in total. The van der Waals surface area contributed by atoms with E-state index < -0.39 is 10.0 Å². The van der Waals surface area contributed by atoms with E-state index in [0.29, 0.717) is 17.8 Å². The zero-order valence-corrected chi connectivity index (χ0v) is 13.0. The second-order valence-corrected chi connectivity index (χ2v) is 6.59. The van der Waals surface area contributed by atoms with Gasteiger partial charge in [0.05, 0.1) is 5.02 Å². The van der Waals surface area contributed by atoms with Gasteiger partial charge < -0.3 is 10.3 Å². The van der Waals surface area contributed by atoms with E-state index in [9.17, 15) is 8.42 Å². The van der Waals surface area contributed by atoms with E-state index in [1.54, 1.807) is 0 Å². The minimum atomic E-state index is -3.74. The molecule has 0 aliphatic carbocycles. The summed E-state index contributed by atoms with van der Waals surface area (Å²) in [7, 11) is -3.74. The van der Waals surface area contributed by atoms with E-state index in [1.165, 1.54) is 24.6 Å². The average Bonchev–Trinajstić information content (AvgIpc) is 2.91. The summed E-state index contributed by atoms with van der Waals surface area (Å²) in [4.78, 5) is 3.89. The van der Waals surface area contributed by atoms with E-state index in [0.717, 1.165) is 0 Å². The molecule has 1 heterocycles. The molecule has 2 rings (SSSR count). The molecule has 1 aromatic heterocycles. The molecule has 0 amide bonds. The third-order valence-electron chi connectivity index (χ3n) is 2.55. The lowest BCUT2D eigenvalue weighted by atomic mass is 10.2. The molecular formula is C11H11ClN4O3S2. The molecule has 1 aromatic carbocycles. The van der Waals surface area contributed by atoms with Crippen molar-refractivity contribution in [2.24, 2.45) is 5.73 Å². The summed E-state index contributed by atoms with van der Waals surface area (Å²) < 4.78 is 31.2. The number of halogens is 1. The first-order valence-electron chi connectivity index (χ1n) is 5.74. The van der Waals surface area contributed by atoms with Gasteiger partial charge in [0.1, 0.15) is 9.88 Å². The zero-order chi connectivity index (χ0) is 15.5. The van der Waals surface area contributed by atoms with E-state index in [1.807, 2.05) is 0 Å². The first-order valence-corrected chi connectivity index (χ1v) is 8.01. The summed E-state index contributed by atoms with van der Waals surface area (Å²) in [5.74, 6) is 0.410. The minimum absolute atomic E-state index is 0.0442. The number of nitrogens with two attached hydrogens (primary N) is 1. The Morgan fingerprint density at radius 1 is 1.48 bits per heavy atom. The van der Waals surface area contributed by atoms with Crippen molar-refractivity contribution in [2.45, 2.75) is 11.3 Å². The average molecular weight is 347 g/mol. The van der Waals surface area contributed by atoms with Crippen LogP contribution >= 0.6 is 23.8 Å². The molecule has 3 N–H and O–H groups in total. The lowest BCUT2D eigenvalue weighted by molar-refractivity contribution is 0.410. The number of benzene rings is 1. The SMILES string of the molecule is NC(=S)c1ccc(S(=O)(=O)NCCc2ncon2)c(Cl)c1. The Kier molecular flexibility index (Phi) is 4.88. The largest absolute Gasteiger partial charge is 0.389 e. The predicted octanol–water partition coefficient (Wildman–Crippen LogP) is 0.878. The lowest BCUT2D eigenvalue weighted by Gasteiger charge is -2.08. The van der Waals surface area contributed by atoms with Crippen molar-refractivity contribution in [3.8, 4) is 0 Å². The summed E-state index contributed by atoms with van der Waals surface area (Å²) >= 11 is 10.8. The van der Waals surface area contributed by atoms with Gasteiger partial charge in [-0.05, 0) is 12.1 Å². The Hall–Kier alpha value is -1.55. The van der Waals surface area contributed by atoms with Crippen LogP contribution in [0.15, 0.2) is 34.0 Å². The molecule has 0 atom stereocenters. The van der Waals surface area contributed by atoms with Crippen LogP contribution in [-0.4, -0.2) is 30.1 Å². The van der Waals surface area contributed by atoms with Crippen LogP contribution in [0.2, 0.25) is 5.02 Å². The molecule has 0 aliphatic heterocycles. The fraction of sp³-hybridized carbons (Fsp3) is 0.182. The molecule has 0 saturated heterocycles. The Bertz CT molecular complexity index is 747. The van der Waals surface area contributed by atoms with Gasteiger partial charge in [-0.3, -0.25) is 0 Å². The standard InChI is InChI=1S/C11H11ClN4O3S2/c12-8-5-7(11(13)20)1-2-9(8)21(17,18)15-4-3-10-14-6-19-16-10/h1-2,5-6,15H,3-4H2,(H2,13,20). The Balaban J connectivity index is 2.10. The molecule has 0 bridgehead atoms. The maximum Gasteiger partial charge on any atom is 0.242 e. The molecular weight excluding hydrogens is 336 g/mol. The van der Waals surface area contributed by atoms with Gasteiger partial charge in [-0.15, -0.1) is 0 Å². The molecule has 2 aromatic rings. The lowest BCUT2D eigenvalue weighted by Crippen LogP contribution is -2.26. The normalized spacial score (nSPS) is 11.5. The maximum atomic E-state index is 12.1. The van der Waals surface area contributed by atoms with Crippen molar-refractivity contribution in [2.75, 3.05) is 6.54 Å². The summed E-state index contributed by atoms with van der Waals surface area (Å²) in [6.07, 6.45) is 1.48. The highest BCUT2D eigenvalue weighted by Gasteiger charge is 2.18. The molecule has 112 valence electrons. The summed E-state index contributed by atoms with van der Waals surface area (Å²) in [5, 5.41) is 3.63. The molecule has 0 aliphatic rings. The van der Waals surface area contributed by atoms with Gasteiger partial charge in [-0.2, -0.15) is 4.98 Å². The molecule has 0 saturated carbocycles. The zero-order valence-electron chi connectivity index (χ0n) is 10.6. The number of sulfonamides is 1. The number of aromatic nitrogens is 2. The summed E-state index contributed by atoms with van der Waals surface area (Å²) in [6, 6.07) is 4.27. The van der Waals surface area contributed by atoms with E-state index in [4.69, 9.17) is 29.6 Å². The van der Waals surface area contributed by atoms with E-state index in [-0.39, 0.29) is 21.5 Å². The van der Waals surface area contributed by atoms with Crippen molar-refractivity contribution in [3.05, 3.63) is 41.0 Å². The molecule has 0 unspecified atom stereocenters. The van der Waals surface area contributed by atoms with Gasteiger partial charge >= 0.3 is 0 Å². The van der Waals surface area contributed by atoms with Crippen LogP contribution in [0.3, 0.4) is 0 Å². The topological polar surface area (TPSA) is 111 Å². The van der Waals surface area contributed by atoms with Gasteiger partial charge in [0.2, 0.25) is 16.4 Å². The quantitative estimate of drug-likeness (QED) is 0.747. The monoisotopic (exact) mass is 346 g/mol. The fourth-order valence-corrected chi connectivity index (χ4v) is 3.25. The highest BCUT2D eigenvalue weighted by molar-refractivity contribution is 7.89. The molecule has 0 radical (unpaired) electrons. The van der Waals surface area contributed by atoms with Gasteiger partial charge in [0.25, 0.3) is 0 Å². The summed E-state index contributed by atoms with van der Waals surface area (Å²) in [6.45, 7) is 0.120. The van der Waals surface area contributed by atoms with Gasteiger partial charge in [0.15, 0.2) is 5.82 Å². The highest BCUT2D eigenvalue weighted by atomic mass is 35.5. The first kappa shape index (κ1) is 15.8. The number of hydrogen-bond acceptors (Lipinski definition) is 6. The van der Waals surface area contributed by atoms with Crippen molar-refractivity contribution in [3.63, 3.8) is 0 Å². The second-order valence-electron chi connectivity index (χ2n) is 4.00. The predicted molar refractivity (Wildman–Crippen MR) is 80.5 cm³/mol. The van der Waals surface area contributed by atoms with E-state index >= 15 is 0 Å². The number of rotatable bonds is 6. The van der Waals surface area contributed by atoms with Gasteiger partial charge in [-0.25, -0.2) is 13.1 Å². The Morgan fingerprint density at radius 2 is 2.24 bits per heavy atom. The van der Waals surface area contributed by atoms with Crippen molar-refractivity contribution in [1.29, 1.82) is 0 Å². The number of nitrogens with one attached hydrogen (secondary N) is 1. The first-order chi connectivity index (χ1) is 9.90. The van der Waals surface area contributed by atoms with Crippen LogP contribution in [0, 0.1) is 0 Å². The highest BCUT2D eigenvalue weighted by Crippen LogP contribution is 2.22. The van der Waals surface area contributed by atoms with Crippen LogP contribution < -0.4 is 10.5 Å². The van der Waals surface area contributed by atoms with Crippen LogP contribution in [0.5, 0.6) is 0 Å². The second kappa shape index (κ2) is 6.48. The fourth-order valence-electron chi connectivity index (χ4n) is 1.55. The third-order valence-corrected chi connectivity index (χ3v) is 4.73. The number of thiocarbonyl (C=S) groups is 1. The van der Waals surface area contributed by atoms with Gasteiger partial charge in [-0.1, -0.05) is 35.0 Å². The van der Waals surface area contributed by atoms with Crippen LogP contribution in [-0.2, 0) is 16.4 Å². The molecule has 0 fully saturated rings. The smallest absolute Gasteiger partial charge is 0.242 e. The van der Waals surface area contributed by atoms with Crippen molar-refractivity contribution in [1.82, 2.24) is 14.9 Å². The van der Waals surface area contributed by atoms with Crippen LogP contribution in [0.1, 0.15) is 11.4 Å². The van der Waals surface area contributed by atoms with E-state index in [2.05, 4.69) is 19.4 Å². The van der Waals surface area contributed by atoms with Gasteiger partial charge in [0, 0.05) is 18.5 Å². The van der Waals surface area contributed by atoms with Crippen LogP contribution in [0.4, 0.5) is 0 Å². The van der Waals surface area contributed by atoms with Crippen molar-refractivity contribution < 1.29 is 12.9 Å². The Morgan fingerprint density at radius 3 is 2.81 bits per heavy atom. The number of nitrogens with zero attached hydrogens (tertiary/aromatic N) is 2. The Labute approximate surface area is 131 Å². The molecule has 10 heteroatoms. The summed E-state index contributed by atoms with van der Waals surface area (Å²) in [5.41, 5.74) is 5.96. The third kappa shape index (κ3) is 3.97. The molecule has 21 heavy (non-hydrogen) atoms. The maximum absolute atomic E-state index is 12.1. The van der Waals surface area contributed by atoms with Crippen LogP contribution in [0.25, 0.3) is 0 Å². The number of hydrogen-bond donors (Lipinski definition) is 2. The van der Waals surface area contributed by atoms with Crippen molar-refractivity contribution >= 4 is 38.8 Å². The molecule has 0 spiro atoms.